The summed E-state index contributed by atoms with van der Waals surface area (Å²) in [7, 11) is -2.46. The van der Waals surface area contributed by atoms with Gasteiger partial charge in [-0.25, -0.2) is 12.8 Å². The van der Waals surface area contributed by atoms with Gasteiger partial charge in [-0.05, 0) is 31.5 Å². The lowest BCUT2D eigenvalue weighted by atomic mass is 10.3. The molecule has 0 aliphatic carbocycles. The highest BCUT2D eigenvalue weighted by Gasteiger charge is 2.30. The van der Waals surface area contributed by atoms with E-state index in [-0.39, 0.29) is 10.6 Å². The van der Waals surface area contributed by atoms with Gasteiger partial charge in [0.25, 0.3) is 0 Å². The van der Waals surface area contributed by atoms with E-state index in [0.717, 1.165) is 18.2 Å². The number of anilines is 1. The van der Waals surface area contributed by atoms with Crippen molar-refractivity contribution in [1.29, 1.82) is 0 Å². The average molecular weight is 318 g/mol. The van der Waals surface area contributed by atoms with E-state index < -0.39 is 26.8 Å². The first kappa shape index (κ1) is 17.4. The van der Waals surface area contributed by atoms with Crippen molar-refractivity contribution in [3.05, 3.63) is 24.0 Å². The van der Waals surface area contributed by atoms with Crippen LogP contribution in [-0.4, -0.2) is 39.8 Å². The highest BCUT2D eigenvalue weighted by molar-refractivity contribution is 7.92. The highest BCUT2D eigenvalue weighted by Crippen LogP contribution is 2.20. The van der Waals surface area contributed by atoms with Crippen molar-refractivity contribution >= 4 is 21.4 Å². The van der Waals surface area contributed by atoms with Gasteiger partial charge < -0.3 is 15.8 Å². The molecule has 0 spiro atoms. The van der Waals surface area contributed by atoms with Crippen LogP contribution in [0.3, 0.4) is 0 Å². The number of hydrogen-bond acceptors (Lipinski definition) is 5. The maximum atomic E-state index is 13.3. The Labute approximate surface area is 123 Å². The van der Waals surface area contributed by atoms with E-state index in [2.05, 4.69) is 5.32 Å². The first-order chi connectivity index (χ1) is 9.78. The Morgan fingerprint density at radius 1 is 1.43 bits per heavy atom. The topological polar surface area (TPSA) is 98.5 Å². The SMILES string of the molecule is COCCCNC(=O)C(C)S(=O)(=O)c1cc(N)cc(F)c1. The van der Waals surface area contributed by atoms with Crippen molar-refractivity contribution in [2.45, 2.75) is 23.5 Å². The number of halogens is 1. The van der Waals surface area contributed by atoms with E-state index >= 15 is 0 Å². The molecule has 0 radical (unpaired) electrons. The number of nitrogens with two attached hydrogens (primary N) is 1. The molecule has 0 aromatic heterocycles. The Morgan fingerprint density at radius 2 is 2.10 bits per heavy atom. The van der Waals surface area contributed by atoms with Gasteiger partial charge in [0.1, 0.15) is 11.1 Å². The lowest BCUT2D eigenvalue weighted by Gasteiger charge is -2.14. The summed E-state index contributed by atoms with van der Waals surface area (Å²) in [4.78, 5) is 11.5. The first-order valence-corrected chi connectivity index (χ1v) is 7.90. The standard InChI is InChI=1S/C13H19FN2O4S/c1-9(13(17)16-4-3-5-20-2)21(18,19)12-7-10(14)6-11(15)8-12/h6-9H,3-5,15H2,1-2H3,(H,16,17). The zero-order valence-electron chi connectivity index (χ0n) is 11.9. The molecule has 1 amide bonds. The summed E-state index contributed by atoms with van der Waals surface area (Å²) >= 11 is 0. The molecule has 6 nitrogen and oxygen atoms in total. The van der Waals surface area contributed by atoms with Gasteiger partial charge in [0.2, 0.25) is 5.91 Å². The van der Waals surface area contributed by atoms with Crippen molar-refractivity contribution in [3.8, 4) is 0 Å². The van der Waals surface area contributed by atoms with Gasteiger partial charge in [0, 0.05) is 25.9 Å². The number of rotatable bonds is 7. The van der Waals surface area contributed by atoms with E-state index in [4.69, 9.17) is 10.5 Å². The summed E-state index contributed by atoms with van der Waals surface area (Å²) in [5, 5.41) is 1.17. The summed E-state index contributed by atoms with van der Waals surface area (Å²) in [6.45, 7) is 2.02. The molecular formula is C13H19FN2O4S. The largest absolute Gasteiger partial charge is 0.399 e. The van der Waals surface area contributed by atoms with Crippen molar-refractivity contribution < 1.29 is 22.3 Å². The summed E-state index contributed by atoms with van der Waals surface area (Å²) in [5.74, 6) is -1.41. The minimum absolute atomic E-state index is 0.0127. The molecular weight excluding hydrogens is 299 g/mol. The summed E-state index contributed by atoms with van der Waals surface area (Å²) in [5.41, 5.74) is 5.41. The molecule has 118 valence electrons. The van der Waals surface area contributed by atoms with Crippen LogP contribution in [0.25, 0.3) is 0 Å². The third-order valence-electron chi connectivity index (χ3n) is 2.88. The van der Waals surface area contributed by atoms with Crippen molar-refractivity contribution in [1.82, 2.24) is 5.32 Å². The van der Waals surface area contributed by atoms with E-state index in [9.17, 15) is 17.6 Å². The van der Waals surface area contributed by atoms with Crippen molar-refractivity contribution in [3.63, 3.8) is 0 Å². The molecule has 1 aromatic rings. The van der Waals surface area contributed by atoms with Crippen molar-refractivity contribution in [2.75, 3.05) is 26.0 Å². The maximum Gasteiger partial charge on any atom is 0.238 e. The van der Waals surface area contributed by atoms with Gasteiger partial charge in [-0.15, -0.1) is 0 Å². The van der Waals surface area contributed by atoms with Crippen LogP contribution in [0.1, 0.15) is 13.3 Å². The van der Waals surface area contributed by atoms with E-state index in [1.807, 2.05) is 0 Å². The number of methoxy groups -OCH3 is 1. The fourth-order valence-corrected chi connectivity index (χ4v) is 3.02. The molecule has 0 fully saturated rings. The Hall–Kier alpha value is -1.67. The van der Waals surface area contributed by atoms with E-state index in [1.54, 1.807) is 0 Å². The fraction of sp³-hybridized carbons (Fsp3) is 0.462. The van der Waals surface area contributed by atoms with Crippen LogP contribution in [-0.2, 0) is 19.4 Å². The molecule has 1 aromatic carbocycles. The van der Waals surface area contributed by atoms with Gasteiger partial charge in [-0.3, -0.25) is 4.79 Å². The molecule has 0 saturated carbocycles. The van der Waals surface area contributed by atoms with Gasteiger partial charge in [-0.1, -0.05) is 0 Å². The molecule has 1 unspecified atom stereocenters. The second kappa shape index (κ2) is 7.37. The summed E-state index contributed by atoms with van der Waals surface area (Å²) < 4.78 is 42.6. The number of nitrogen functional groups attached to an aromatic ring is 1. The third-order valence-corrected chi connectivity index (χ3v) is 4.92. The molecule has 3 N–H and O–H groups in total. The highest BCUT2D eigenvalue weighted by atomic mass is 32.2. The molecule has 0 heterocycles. The number of hydrogen-bond donors (Lipinski definition) is 2. The number of carbonyl (C=O) groups is 1. The molecule has 1 atom stereocenters. The van der Waals surface area contributed by atoms with Crippen LogP contribution in [0.4, 0.5) is 10.1 Å². The number of amides is 1. The van der Waals surface area contributed by atoms with Gasteiger partial charge >= 0.3 is 0 Å². The van der Waals surface area contributed by atoms with Gasteiger partial charge in [-0.2, -0.15) is 0 Å². The van der Waals surface area contributed by atoms with Crippen molar-refractivity contribution in [2.24, 2.45) is 0 Å². The second-order valence-electron chi connectivity index (χ2n) is 4.54. The minimum Gasteiger partial charge on any atom is -0.399 e. The van der Waals surface area contributed by atoms with Crippen LogP contribution >= 0.6 is 0 Å². The zero-order chi connectivity index (χ0) is 16.0. The van der Waals surface area contributed by atoms with E-state index in [0.29, 0.717) is 19.6 Å². The number of sulfone groups is 1. The smallest absolute Gasteiger partial charge is 0.238 e. The predicted molar refractivity (Wildman–Crippen MR) is 77.0 cm³/mol. The molecule has 0 saturated heterocycles. The molecule has 0 aliphatic rings. The molecule has 0 aliphatic heterocycles. The predicted octanol–water partition coefficient (Wildman–Crippen LogP) is 0.723. The second-order valence-corrected chi connectivity index (χ2v) is 6.81. The number of benzene rings is 1. The molecule has 0 bridgehead atoms. The quantitative estimate of drug-likeness (QED) is 0.570. The summed E-state index contributed by atoms with van der Waals surface area (Å²) in [6, 6.07) is 2.99. The monoisotopic (exact) mass is 318 g/mol. The fourth-order valence-electron chi connectivity index (χ4n) is 1.67. The average Bonchev–Trinajstić information content (AvgIpc) is 2.41. The Morgan fingerprint density at radius 3 is 2.67 bits per heavy atom. The Kier molecular flexibility index (Phi) is 6.10. The zero-order valence-corrected chi connectivity index (χ0v) is 12.7. The van der Waals surface area contributed by atoms with E-state index in [1.165, 1.54) is 14.0 Å². The van der Waals surface area contributed by atoms with Crippen LogP contribution in [0.15, 0.2) is 23.1 Å². The van der Waals surface area contributed by atoms with Crippen LogP contribution in [0.2, 0.25) is 0 Å². The molecule has 1 rings (SSSR count). The Bertz CT molecular complexity index is 584. The Balaban J connectivity index is 2.83. The first-order valence-electron chi connectivity index (χ1n) is 6.35. The summed E-state index contributed by atoms with van der Waals surface area (Å²) in [6.07, 6.45) is 0.571. The number of carbonyl (C=O) groups excluding carboxylic acids is 1. The van der Waals surface area contributed by atoms with Gasteiger partial charge in [0.15, 0.2) is 9.84 Å². The minimum atomic E-state index is -3.99. The normalized spacial score (nSPS) is 12.9. The third kappa shape index (κ3) is 4.68. The maximum absolute atomic E-state index is 13.3. The van der Waals surface area contributed by atoms with Gasteiger partial charge in [0.05, 0.1) is 4.90 Å². The van der Waals surface area contributed by atoms with Crippen LogP contribution < -0.4 is 11.1 Å². The van der Waals surface area contributed by atoms with Crippen LogP contribution in [0, 0.1) is 5.82 Å². The van der Waals surface area contributed by atoms with Crippen LogP contribution in [0.5, 0.6) is 0 Å². The lowest BCUT2D eigenvalue weighted by molar-refractivity contribution is -0.120. The molecule has 21 heavy (non-hydrogen) atoms. The number of ether oxygens (including phenoxy) is 1. The number of nitrogens with one attached hydrogen (secondary N) is 1. The lowest BCUT2D eigenvalue weighted by Crippen LogP contribution is -2.38. The molecule has 8 heteroatoms.